The monoisotopic (exact) mass is 282 g/mol. The van der Waals surface area contributed by atoms with Crippen LogP contribution in [0.3, 0.4) is 0 Å². The second-order valence-corrected chi connectivity index (χ2v) is 6.84. The van der Waals surface area contributed by atoms with Crippen LogP contribution in [0.4, 0.5) is 5.69 Å². The third-order valence-corrected chi connectivity index (χ3v) is 4.02. The van der Waals surface area contributed by atoms with Crippen LogP contribution in [-0.4, -0.2) is 33.2 Å². The van der Waals surface area contributed by atoms with E-state index in [-0.39, 0.29) is 10.8 Å². The van der Waals surface area contributed by atoms with Gasteiger partial charge in [-0.25, -0.2) is 8.42 Å². The summed E-state index contributed by atoms with van der Waals surface area (Å²) in [5.41, 5.74) is 0.513. The van der Waals surface area contributed by atoms with E-state index in [9.17, 15) is 13.2 Å². The molecule has 1 aromatic carbocycles. The standard InChI is InChI=1S/C13H18N2O3S/c1-19(17,18)12-4-2-3-11(9-12)15-13(16)7-8-14-10-5-6-10/h2-4,9-10,14H,5-8H2,1H3,(H,15,16). The molecule has 0 aliphatic heterocycles. The molecule has 1 aliphatic rings. The van der Waals surface area contributed by atoms with Gasteiger partial charge in [0.15, 0.2) is 9.84 Å². The Hall–Kier alpha value is -1.40. The number of rotatable bonds is 6. The Bertz CT molecular complexity index is 565. The molecule has 0 heterocycles. The van der Waals surface area contributed by atoms with Crippen molar-refractivity contribution in [3.05, 3.63) is 24.3 Å². The lowest BCUT2D eigenvalue weighted by Gasteiger charge is -2.07. The molecule has 6 heteroatoms. The van der Waals surface area contributed by atoms with Crippen LogP contribution < -0.4 is 10.6 Å². The Morgan fingerprint density at radius 1 is 1.37 bits per heavy atom. The van der Waals surface area contributed by atoms with Crippen molar-refractivity contribution in [1.82, 2.24) is 5.32 Å². The van der Waals surface area contributed by atoms with E-state index in [1.54, 1.807) is 12.1 Å². The maximum absolute atomic E-state index is 11.7. The fraction of sp³-hybridized carbons (Fsp3) is 0.462. The van der Waals surface area contributed by atoms with Crippen molar-refractivity contribution in [3.63, 3.8) is 0 Å². The topological polar surface area (TPSA) is 75.3 Å². The van der Waals surface area contributed by atoms with Gasteiger partial charge in [-0.2, -0.15) is 0 Å². The predicted molar refractivity (Wildman–Crippen MR) is 73.8 cm³/mol. The number of nitrogens with one attached hydrogen (secondary N) is 2. The van der Waals surface area contributed by atoms with E-state index in [0.717, 1.165) is 6.26 Å². The summed E-state index contributed by atoms with van der Waals surface area (Å²) in [6.07, 6.45) is 3.92. The molecule has 104 valence electrons. The van der Waals surface area contributed by atoms with Gasteiger partial charge in [0, 0.05) is 31.0 Å². The Morgan fingerprint density at radius 3 is 2.74 bits per heavy atom. The molecule has 19 heavy (non-hydrogen) atoms. The molecular formula is C13H18N2O3S. The molecule has 1 saturated carbocycles. The SMILES string of the molecule is CS(=O)(=O)c1cccc(NC(=O)CCNC2CC2)c1. The van der Waals surface area contributed by atoms with Gasteiger partial charge in [-0.3, -0.25) is 4.79 Å². The molecule has 1 fully saturated rings. The second-order valence-electron chi connectivity index (χ2n) is 4.83. The molecule has 0 bridgehead atoms. The first kappa shape index (κ1) is 14.0. The first-order valence-corrected chi connectivity index (χ1v) is 8.17. The number of anilines is 1. The number of amides is 1. The lowest BCUT2D eigenvalue weighted by Crippen LogP contribution is -2.23. The van der Waals surface area contributed by atoms with Crippen molar-refractivity contribution in [3.8, 4) is 0 Å². The fourth-order valence-electron chi connectivity index (χ4n) is 1.71. The Balaban J connectivity index is 1.88. The van der Waals surface area contributed by atoms with Crippen LogP contribution in [0.1, 0.15) is 19.3 Å². The van der Waals surface area contributed by atoms with Crippen LogP contribution >= 0.6 is 0 Å². The lowest BCUT2D eigenvalue weighted by atomic mass is 10.3. The third-order valence-electron chi connectivity index (χ3n) is 2.91. The average Bonchev–Trinajstić information content (AvgIpc) is 3.12. The van der Waals surface area contributed by atoms with Gasteiger partial charge in [-0.1, -0.05) is 6.07 Å². The van der Waals surface area contributed by atoms with Crippen molar-refractivity contribution in [2.45, 2.75) is 30.2 Å². The Morgan fingerprint density at radius 2 is 2.11 bits per heavy atom. The molecule has 0 saturated heterocycles. The molecule has 0 atom stereocenters. The largest absolute Gasteiger partial charge is 0.326 e. The second kappa shape index (κ2) is 5.71. The maximum atomic E-state index is 11.7. The molecule has 1 aromatic rings. The van der Waals surface area contributed by atoms with Crippen molar-refractivity contribution >= 4 is 21.4 Å². The van der Waals surface area contributed by atoms with Crippen molar-refractivity contribution in [2.24, 2.45) is 0 Å². The van der Waals surface area contributed by atoms with Crippen LogP contribution in [0, 0.1) is 0 Å². The number of carbonyl (C=O) groups excluding carboxylic acids is 1. The normalized spacial score (nSPS) is 15.2. The quantitative estimate of drug-likeness (QED) is 0.821. The summed E-state index contributed by atoms with van der Waals surface area (Å²) in [4.78, 5) is 11.9. The van der Waals surface area contributed by atoms with E-state index in [1.807, 2.05) is 0 Å². The maximum Gasteiger partial charge on any atom is 0.225 e. The van der Waals surface area contributed by atoms with E-state index in [0.29, 0.717) is 24.7 Å². The van der Waals surface area contributed by atoms with E-state index in [1.165, 1.54) is 25.0 Å². The van der Waals surface area contributed by atoms with Crippen molar-refractivity contribution < 1.29 is 13.2 Å². The fourth-order valence-corrected chi connectivity index (χ4v) is 2.37. The molecule has 1 amide bonds. The minimum Gasteiger partial charge on any atom is -0.326 e. The molecule has 0 unspecified atom stereocenters. The molecule has 5 nitrogen and oxygen atoms in total. The van der Waals surface area contributed by atoms with Gasteiger partial charge >= 0.3 is 0 Å². The van der Waals surface area contributed by atoms with Gasteiger partial charge in [0.2, 0.25) is 5.91 Å². The third kappa shape index (κ3) is 4.65. The van der Waals surface area contributed by atoms with Crippen LogP contribution in [-0.2, 0) is 14.6 Å². The van der Waals surface area contributed by atoms with Crippen LogP contribution in [0.25, 0.3) is 0 Å². The summed E-state index contributed by atoms with van der Waals surface area (Å²) in [5.74, 6) is -0.112. The highest BCUT2D eigenvalue weighted by atomic mass is 32.2. The van der Waals surface area contributed by atoms with Gasteiger partial charge in [0.25, 0.3) is 0 Å². The highest BCUT2D eigenvalue weighted by Crippen LogP contribution is 2.18. The molecule has 2 rings (SSSR count). The highest BCUT2D eigenvalue weighted by Gasteiger charge is 2.20. The summed E-state index contributed by atoms with van der Waals surface area (Å²) >= 11 is 0. The zero-order valence-electron chi connectivity index (χ0n) is 10.8. The molecule has 0 aromatic heterocycles. The molecule has 0 spiro atoms. The van der Waals surface area contributed by atoms with Crippen molar-refractivity contribution in [1.29, 1.82) is 0 Å². The number of hydrogen-bond donors (Lipinski definition) is 2. The predicted octanol–water partition coefficient (Wildman–Crippen LogP) is 1.17. The van der Waals surface area contributed by atoms with E-state index >= 15 is 0 Å². The van der Waals surface area contributed by atoms with E-state index in [2.05, 4.69) is 10.6 Å². The minimum atomic E-state index is -3.24. The molecular weight excluding hydrogens is 264 g/mol. The Labute approximate surface area is 113 Å². The van der Waals surface area contributed by atoms with Gasteiger partial charge in [-0.05, 0) is 31.0 Å². The van der Waals surface area contributed by atoms with Gasteiger partial charge in [0.1, 0.15) is 0 Å². The first-order chi connectivity index (χ1) is 8.95. The number of carbonyl (C=O) groups is 1. The number of benzene rings is 1. The first-order valence-electron chi connectivity index (χ1n) is 6.28. The number of sulfone groups is 1. The highest BCUT2D eigenvalue weighted by molar-refractivity contribution is 7.90. The van der Waals surface area contributed by atoms with E-state index in [4.69, 9.17) is 0 Å². The van der Waals surface area contributed by atoms with Crippen LogP contribution in [0.5, 0.6) is 0 Å². The summed E-state index contributed by atoms with van der Waals surface area (Å²) < 4.78 is 22.8. The number of hydrogen-bond acceptors (Lipinski definition) is 4. The summed E-state index contributed by atoms with van der Waals surface area (Å²) in [7, 11) is -3.24. The minimum absolute atomic E-state index is 0.112. The smallest absolute Gasteiger partial charge is 0.225 e. The summed E-state index contributed by atoms with van der Waals surface area (Å²) in [6, 6.07) is 6.87. The van der Waals surface area contributed by atoms with Crippen molar-refractivity contribution in [2.75, 3.05) is 18.1 Å². The van der Waals surface area contributed by atoms with Crippen LogP contribution in [0.2, 0.25) is 0 Å². The molecule has 1 aliphatic carbocycles. The molecule has 2 N–H and O–H groups in total. The van der Waals surface area contributed by atoms with Gasteiger partial charge in [0.05, 0.1) is 4.90 Å². The molecule has 0 radical (unpaired) electrons. The summed E-state index contributed by atoms with van der Waals surface area (Å²) in [6.45, 7) is 0.655. The Kier molecular flexibility index (Phi) is 4.21. The van der Waals surface area contributed by atoms with Gasteiger partial charge < -0.3 is 10.6 Å². The van der Waals surface area contributed by atoms with Gasteiger partial charge in [-0.15, -0.1) is 0 Å². The zero-order chi connectivity index (χ0) is 13.9. The zero-order valence-corrected chi connectivity index (χ0v) is 11.7. The summed E-state index contributed by atoms with van der Waals surface area (Å²) in [5, 5.41) is 5.96. The van der Waals surface area contributed by atoms with E-state index < -0.39 is 9.84 Å². The lowest BCUT2D eigenvalue weighted by molar-refractivity contribution is -0.116. The van der Waals surface area contributed by atoms with Crippen LogP contribution in [0.15, 0.2) is 29.2 Å². The average molecular weight is 282 g/mol.